The first-order valence-electron chi connectivity index (χ1n) is 6.50. The number of aliphatic hydroxyl groups is 1. The molecule has 0 saturated carbocycles. The summed E-state index contributed by atoms with van der Waals surface area (Å²) in [4.78, 5) is 13.6. The Labute approximate surface area is 108 Å². The van der Waals surface area contributed by atoms with Crippen LogP contribution in [0, 0.1) is 0 Å². The van der Waals surface area contributed by atoms with E-state index in [0.29, 0.717) is 0 Å². The third kappa shape index (κ3) is 3.82. The number of carbonyl (C=O) groups excluding carboxylic acids is 1. The second-order valence-electron chi connectivity index (χ2n) is 4.74. The summed E-state index contributed by atoms with van der Waals surface area (Å²) in [6, 6.07) is 7.82. The van der Waals surface area contributed by atoms with Crippen LogP contribution in [0.25, 0.3) is 0 Å². The molecule has 0 radical (unpaired) electrons. The molecule has 0 aromatic heterocycles. The first kappa shape index (κ1) is 13.1. The number of anilines is 1. The first-order valence-corrected chi connectivity index (χ1v) is 6.50. The van der Waals surface area contributed by atoms with Crippen LogP contribution in [0.1, 0.15) is 24.8 Å². The van der Waals surface area contributed by atoms with E-state index in [1.807, 2.05) is 18.2 Å². The lowest BCUT2D eigenvalue weighted by Crippen LogP contribution is -2.29. The molecule has 2 rings (SSSR count). The van der Waals surface area contributed by atoms with Gasteiger partial charge in [-0.3, -0.25) is 9.69 Å². The van der Waals surface area contributed by atoms with E-state index in [4.69, 9.17) is 5.11 Å². The molecule has 18 heavy (non-hydrogen) atoms. The molecule has 1 heterocycles. The van der Waals surface area contributed by atoms with Gasteiger partial charge in [0.2, 0.25) is 5.91 Å². The molecule has 1 aromatic rings. The van der Waals surface area contributed by atoms with Crippen LogP contribution in [0.4, 0.5) is 5.69 Å². The fourth-order valence-electron chi connectivity index (χ4n) is 2.32. The number of hydrogen-bond donors (Lipinski definition) is 2. The van der Waals surface area contributed by atoms with Crippen LogP contribution in [-0.4, -0.2) is 35.6 Å². The summed E-state index contributed by atoms with van der Waals surface area (Å²) in [5, 5.41) is 11.4. The highest BCUT2D eigenvalue weighted by Gasteiger charge is 2.10. The number of hydrogen-bond acceptors (Lipinski definition) is 3. The Morgan fingerprint density at radius 3 is 2.78 bits per heavy atom. The average molecular weight is 248 g/mol. The van der Waals surface area contributed by atoms with E-state index in [1.165, 1.54) is 24.8 Å². The number of likely N-dealkylation sites (tertiary alicyclic amines) is 1. The number of piperidine rings is 1. The number of nitrogens with zero attached hydrogens (tertiary/aromatic N) is 1. The smallest absolute Gasteiger partial charge is 0.250 e. The number of benzene rings is 1. The molecular weight excluding hydrogens is 228 g/mol. The van der Waals surface area contributed by atoms with Crippen LogP contribution in [0.5, 0.6) is 0 Å². The minimum atomic E-state index is -0.476. The molecule has 1 aliphatic rings. The highest BCUT2D eigenvalue weighted by Crippen LogP contribution is 2.16. The lowest BCUT2D eigenvalue weighted by Gasteiger charge is -2.26. The molecule has 1 saturated heterocycles. The lowest BCUT2D eigenvalue weighted by molar-refractivity contribution is -0.118. The van der Waals surface area contributed by atoms with Gasteiger partial charge in [0.05, 0.1) is 0 Å². The molecular formula is C14H20N2O2. The quantitative estimate of drug-likeness (QED) is 0.851. The summed E-state index contributed by atoms with van der Waals surface area (Å²) in [6.07, 6.45) is 3.89. The molecule has 0 spiro atoms. The third-order valence-corrected chi connectivity index (χ3v) is 3.21. The molecule has 0 bridgehead atoms. The summed E-state index contributed by atoms with van der Waals surface area (Å²) in [5.74, 6) is -0.370. The fraction of sp³-hybridized carbons (Fsp3) is 0.500. The highest BCUT2D eigenvalue weighted by atomic mass is 16.3. The van der Waals surface area contributed by atoms with Crippen molar-refractivity contribution in [3.05, 3.63) is 29.8 Å². The topological polar surface area (TPSA) is 52.6 Å². The number of rotatable bonds is 4. The van der Waals surface area contributed by atoms with E-state index < -0.39 is 6.61 Å². The predicted molar refractivity (Wildman–Crippen MR) is 71.3 cm³/mol. The largest absolute Gasteiger partial charge is 0.387 e. The fourth-order valence-corrected chi connectivity index (χ4v) is 2.32. The zero-order chi connectivity index (χ0) is 12.8. The molecule has 2 N–H and O–H groups in total. The number of amides is 1. The van der Waals surface area contributed by atoms with Crippen molar-refractivity contribution < 1.29 is 9.90 Å². The lowest BCUT2D eigenvalue weighted by atomic mass is 10.1. The van der Waals surface area contributed by atoms with Crippen LogP contribution in [0.3, 0.4) is 0 Å². The van der Waals surface area contributed by atoms with Gasteiger partial charge in [-0.1, -0.05) is 18.6 Å². The van der Waals surface area contributed by atoms with Gasteiger partial charge in [0, 0.05) is 12.2 Å². The Hall–Kier alpha value is -1.39. The summed E-state index contributed by atoms with van der Waals surface area (Å²) in [7, 11) is 0. The van der Waals surface area contributed by atoms with Crippen molar-refractivity contribution in [3.8, 4) is 0 Å². The third-order valence-electron chi connectivity index (χ3n) is 3.21. The zero-order valence-electron chi connectivity index (χ0n) is 10.6. The van der Waals surface area contributed by atoms with E-state index in [9.17, 15) is 4.79 Å². The van der Waals surface area contributed by atoms with Crippen molar-refractivity contribution >= 4 is 11.6 Å². The second kappa shape index (κ2) is 6.52. The Morgan fingerprint density at radius 1 is 1.28 bits per heavy atom. The van der Waals surface area contributed by atoms with Gasteiger partial charge in [-0.05, 0) is 43.6 Å². The van der Waals surface area contributed by atoms with Gasteiger partial charge in [0.25, 0.3) is 0 Å². The van der Waals surface area contributed by atoms with Crippen molar-refractivity contribution in [1.29, 1.82) is 0 Å². The molecule has 0 atom stereocenters. The Kier molecular flexibility index (Phi) is 4.73. The van der Waals surface area contributed by atoms with E-state index in [1.54, 1.807) is 0 Å². The maximum Gasteiger partial charge on any atom is 0.250 e. The number of nitrogens with one attached hydrogen (secondary N) is 1. The van der Waals surface area contributed by atoms with Gasteiger partial charge in [-0.25, -0.2) is 0 Å². The normalized spacial score (nSPS) is 16.5. The summed E-state index contributed by atoms with van der Waals surface area (Å²) in [5.41, 5.74) is 1.95. The monoisotopic (exact) mass is 248 g/mol. The van der Waals surface area contributed by atoms with Crippen molar-refractivity contribution in [2.45, 2.75) is 25.8 Å². The Balaban J connectivity index is 1.95. The van der Waals surface area contributed by atoms with Crippen molar-refractivity contribution in [2.24, 2.45) is 0 Å². The highest BCUT2D eigenvalue weighted by molar-refractivity contribution is 5.91. The minimum Gasteiger partial charge on any atom is -0.387 e. The zero-order valence-corrected chi connectivity index (χ0v) is 10.6. The molecule has 1 fully saturated rings. The standard InChI is InChI=1S/C14H20N2O2/c17-11-14(18)15-13-6-4-5-12(9-13)10-16-7-2-1-3-8-16/h4-6,9,17H,1-3,7-8,10-11H2,(H,15,18). The van der Waals surface area contributed by atoms with Gasteiger partial charge in [0.15, 0.2) is 0 Å². The molecule has 4 nitrogen and oxygen atoms in total. The van der Waals surface area contributed by atoms with Crippen molar-refractivity contribution in [1.82, 2.24) is 4.90 Å². The number of aliphatic hydroxyl groups excluding tert-OH is 1. The summed E-state index contributed by atoms with van der Waals surface area (Å²) in [6.45, 7) is 2.78. The predicted octanol–water partition coefficient (Wildman–Crippen LogP) is 1.60. The number of carbonyl (C=O) groups is 1. The van der Waals surface area contributed by atoms with Gasteiger partial charge in [0.1, 0.15) is 6.61 Å². The molecule has 1 amide bonds. The van der Waals surface area contributed by atoms with Crippen LogP contribution >= 0.6 is 0 Å². The maximum absolute atomic E-state index is 11.1. The average Bonchev–Trinajstić information content (AvgIpc) is 2.40. The van der Waals surface area contributed by atoms with Crippen LogP contribution < -0.4 is 5.32 Å². The summed E-state index contributed by atoms with van der Waals surface area (Å²) >= 11 is 0. The van der Waals surface area contributed by atoms with Gasteiger partial charge >= 0.3 is 0 Å². The maximum atomic E-state index is 11.1. The molecule has 1 aliphatic heterocycles. The SMILES string of the molecule is O=C(CO)Nc1cccc(CN2CCCCC2)c1. The molecule has 4 heteroatoms. The second-order valence-corrected chi connectivity index (χ2v) is 4.74. The van der Waals surface area contributed by atoms with E-state index in [2.05, 4.69) is 16.3 Å². The Morgan fingerprint density at radius 2 is 2.06 bits per heavy atom. The molecule has 98 valence electrons. The van der Waals surface area contributed by atoms with Crippen molar-refractivity contribution in [3.63, 3.8) is 0 Å². The first-order chi connectivity index (χ1) is 8.78. The van der Waals surface area contributed by atoms with E-state index >= 15 is 0 Å². The van der Waals surface area contributed by atoms with Crippen LogP contribution in [0.15, 0.2) is 24.3 Å². The van der Waals surface area contributed by atoms with Crippen LogP contribution in [0.2, 0.25) is 0 Å². The van der Waals surface area contributed by atoms with Gasteiger partial charge in [-0.2, -0.15) is 0 Å². The minimum absolute atomic E-state index is 0.370. The van der Waals surface area contributed by atoms with Gasteiger partial charge in [-0.15, -0.1) is 0 Å². The van der Waals surface area contributed by atoms with E-state index in [-0.39, 0.29) is 5.91 Å². The summed E-state index contributed by atoms with van der Waals surface area (Å²) < 4.78 is 0. The molecule has 1 aromatic carbocycles. The Bertz CT molecular complexity index is 401. The van der Waals surface area contributed by atoms with E-state index in [0.717, 1.165) is 25.3 Å². The molecule has 0 unspecified atom stereocenters. The van der Waals surface area contributed by atoms with Crippen LogP contribution in [-0.2, 0) is 11.3 Å². The van der Waals surface area contributed by atoms with Crippen molar-refractivity contribution in [2.75, 3.05) is 25.0 Å². The molecule has 0 aliphatic carbocycles. The van der Waals surface area contributed by atoms with Gasteiger partial charge < -0.3 is 10.4 Å².